The molecule has 36 heavy (non-hydrogen) atoms. The fourth-order valence-corrected chi connectivity index (χ4v) is 4.34. The van der Waals surface area contributed by atoms with Crippen LogP contribution in [0.1, 0.15) is 33.4 Å². The van der Waals surface area contributed by atoms with Crippen molar-refractivity contribution in [1.82, 2.24) is 0 Å². The standard InChI is InChI=1S/C32H32N2O2/c1-21-5-7-27(23(3)17-21)19-31(35)33-29-13-9-25(10-14-29)26-11-15-30(16-12-26)34-32(36)20-28-8-6-22(2)18-24(28)4/h5-18H,19-20H2,1-4H3,(H,33,35)(H,34,36). The zero-order chi connectivity index (χ0) is 25.7. The van der Waals surface area contributed by atoms with Gasteiger partial charge in [0.1, 0.15) is 0 Å². The van der Waals surface area contributed by atoms with Crippen molar-refractivity contribution in [2.75, 3.05) is 10.6 Å². The second-order valence-corrected chi connectivity index (χ2v) is 9.46. The third-order valence-corrected chi connectivity index (χ3v) is 6.37. The fourth-order valence-electron chi connectivity index (χ4n) is 4.34. The number of nitrogens with one attached hydrogen (secondary N) is 2. The van der Waals surface area contributed by atoms with Crippen molar-refractivity contribution in [3.05, 3.63) is 118 Å². The molecule has 0 saturated heterocycles. The van der Waals surface area contributed by atoms with E-state index in [4.69, 9.17) is 0 Å². The summed E-state index contributed by atoms with van der Waals surface area (Å²) < 4.78 is 0. The first-order valence-electron chi connectivity index (χ1n) is 12.2. The maximum absolute atomic E-state index is 12.5. The summed E-state index contributed by atoms with van der Waals surface area (Å²) in [7, 11) is 0. The topological polar surface area (TPSA) is 58.2 Å². The average molecular weight is 477 g/mol. The molecule has 0 atom stereocenters. The Bertz CT molecular complexity index is 1280. The van der Waals surface area contributed by atoms with Gasteiger partial charge in [-0.15, -0.1) is 0 Å². The molecule has 0 spiro atoms. The molecule has 0 fully saturated rings. The zero-order valence-corrected chi connectivity index (χ0v) is 21.3. The maximum Gasteiger partial charge on any atom is 0.228 e. The Morgan fingerprint density at radius 1 is 0.528 bits per heavy atom. The number of amides is 2. The molecule has 4 aromatic rings. The molecule has 0 aliphatic rings. The summed E-state index contributed by atoms with van der Waals surface area (Å²) in [6.45, 7) is 8.17. The molecular weight excluding hydrogens is 444 g/mol. The van der Waals surface area contributed by atoms with Gasteiger partial charge in [-0.25, -0.2) is 0 Å². The predicted octanol–water partition coefficient (Wildman–Crippen LogP) is 6.95. The predicted molar refractivity (Wildman–Crippen MR) is 148 cm³/mol. The smallest absolute Gasteiger partial charge is 0.228 e. The molecule has 4 heteroatoms. The van der Waals surface area contributed by atoms with Gasteiger partial charge in [0.25, 0.3) is 0 Å². The van der Waals surface area contributed by atoms with Crippen molar-refractivity contribution in [2.45, 2.75) is 40.5 Å². The lowest BCUT2D eigenvalue weighted by Gasteiger charge is -2.10. The first-order chi connectivity index (χ1) is 17.3. The molecule has 4 nitrogen and oxygen atoms in total. The minimum Gasteiger partial charge on any atom is -0.326 e. The molecule has 0 saturated carbocycles. The SMILES string of the molecule is Cc1ccc(CC(=O)Nc2ccc(-c3ccc(NC(=O)Cc4ccc(C)cc4C)cc3)cc2)c(C)c1. The van der Waals surface area contributed by atoms with Crippen LogP contribution >= 0.6 is 0 Å². The number of carbonyl (C=O) groups excluding carboxylic acids is 2. The lowest BCUT2D eigenvalue weighted by atomic mass is 10.0. The zero-order valence-electron chi connectivity index (χ0n) is 21.3. The van der Waals surface area contributed by atoms with Gasteiger partial charge in [0, 0.05) is 11.4 Å². The highest BCUT2D eigenvalue weighted by Crippen LogP contribution is 2.24. The van der Waals surface area contributed by atoms with Gasteiger partial charge in [-0.3, -0.25) is 9.59 Å². The molecule has 0 aliphatic carbocycles. The van der Waals surface area contributed by atoms with Gasteiger partial charge in [0.05, 0.1) is 12.8 Å². The van der Waals surface area contributed by atoms with Gasteiger partial charge < -0.3 is 10.6 Å². The summed E-state index contributed by atoms with van der Waals surface area (Å²) in [5, 5.41) is 5.96. The highest BCUT2D eigenvalue weighted by Gasteiger charge is 2.09. The Hall–Kier alpha value is -4.18. The number of hydrogen-bond donors (Lipinski definition) is 2. The number of carbonyl (C=O) groups is 2. The third kappa shape index (κ3) is 6.48. The Morgan fingerprint density at radius 2 is 0.889 bits per heavy atom. The summed E-state index contributed by atoms with van der Waals surface area (Å²) in [4.78, 5) is 25.0. The maximum atomic E-state index is 12.5. The summed E-state index contributed by atoms with van der Waals surface area (Å²) in [6.07, 6.45) is 0.703. The van der Waals surface area contributed by atoms with Gasteiger partial charge in [-0.2, -0.15) is 0 Å². The van der Waals surface area contributed by atoms with Crippen LogP contribution < -0.4 is 10.6 Å². The second-order valence-electron chi connectivity index (χ2n) is 9.46. The second kappa shape index (κ2) is 11.0. The molecule has 2 N–H and O–H groups in total. The summed E-state index contributed by atoms with van der Waals surface area (Å²) in [5.41, 5.74) is 10.3. The number of benzene rings is 4. The van der Waals surface area contributed by atoms with E-state index in [9.17, 15) is 9.59 Å². The number of hydrogen-bond acceptors (Lipinski definition) is 2. The molecule has 0 unspecified atom stereocenters. The highest BCUT2D eigenvalue weighted by atomic mass is 16.2. The molecule has 0 aromatic heterocycles. The van der Waals surface area contributed by atoms with Crippen LogP contribution in [-0.4, -0.2) is 11.8 Å². The molecule has 0 aliphatic heterocycles. The van der Waals surface area contributed by atoms with E-state index in [0.29, 0.717) is 12.8 Å². The Balaban J connectivity index is 1.33. The minimum atomic E-state index is -0.0318. The van der Waals surface area contributed by atoms with Crippen LogP contribution in [0, 0.1) is 27.7 Å². The fraction of sp³-hybridized carbons (Fsp3) is 0.188. The summed E-state index contributed by atoms with van der Waals surface area (Å²) in [5.74, 6) is -0.0637. The molecule has 0 heterocycles. The third-order valence-electron chi connectivity index (χ3n) is 6.37. The summed E-state index contributed by atoms with van der Waals surface area (Å²) >= 11 is 0. The molecule has 0 radical (unpaired) electrons. The minimum absolute atomic E-state index is 0.0318. The monoisotopic (exact) mass is 476 g/mol. The quantitative estimate of drug-likeness (QED) is 0.303. The molecule has 4 rings (SSSR count). The van der Waals surface area contributed by atoms with E-state index in [0.717, 1.165) is 44.8 Å². The molecular formula is C32H32N2O2. The Morgan fingerprint density at radius 3 is 1.22 bits per heavy atom. The Kier molecular flexibility index (Phi) is 7.65. The van der Waals surface area contributed by atoms with Gasteiger partial charge in [0.2, 0.25) is 11.8 Å². The normalized spacial score (nSPS) is 10.7. The van der Waals surface area contributed by atoms with Crippen LogP contribution in [0.3, 0.4) is 0 Å². The van der Waals surface area contributed by atoms with Crippen LogP contribution in [0.25, 0.3) is 11.1 Å². The molecule has 4 aromatic carbocycles. The van der Waals surface area contributed by atoms with Gasteiger partial charge >= 0.3 is 0 Å². The van der Waals surface area contributed by atoms with Gasteiger partial charge in [0.15, 0.2) is 0 Å². The Labute approximate surface area is 213 Å². The largest absolute Gasteiger partial charge is 0.326 e. The molecule has 2 amide bonds. The lowest BCUT2D eigenvalue weighted by molar-refractivity contribution is -0.116. The van der Waals surface area contributed by atoms with Crippen LogP contribution in [0.2, 0.25) is 0 Å². The van der Waals surface area contributed by atoms with E-state index in [1.165, 1.54) is 11.1 Å². The summed E-state index contributed by atoms with van der Waals surface area (Å²) in [6, 6.07) is 27.9. The first-order valence-corrected chi connectivity index (χ1v) is 12.2. The van der Waals surface area contributed by atoms with Crippen LogP contribution in [0.15, 0.2) is 84.9 Å². The van der Waals surface area contributed by atoms with E-state index in [-0.39, 0.29) is 11.8 Å². The lowest BCUT2D eigenvalue weighted by Crippen LogP contribution is -2.15. The van der Waals surface area contributed by atoms with Gasteiger partial charge in [-0.05, 0) is 85.3 Å². The van der Waals surface area contributed by atoms with Crippen molar-refractivity contribution in [3.63, 3.8) is 0 Å². The van der Waals surface area contributed by atoms with E-state index in [2.05, 4.69) is 36.6 Å². The average Bonchev–Trinajstić information content (AvgIpc) is 2.84. The van der Waals surface area contributed by atoms with Gasteiger partial charge in [-0.1, -0.05) is 71.8 Å². The van der Waals surface area contributed by atoms with Crippen molar-refractivity contribution >= 4 is 23.2 Å². The van der Waals surface area contributed by atoms with E-state index < -0.39 is 0 Å². The van der Waals surface area contributed by atoms with E-state index in [1.54, 1.807) is 0 Å². The molecule has 0 bridgehead atoms. The molecule has 182 valence electrons. The van der Waals surface area contributed by atoms with Crippen molar-refractivity contribution in [2.24, 2.45) is 0 Å². The van der Waals surface area contributed by atoms with Crippen LogP contribution in [0.5, 0.6) is 0 Å². The highest BCUT2D eigenvalue weighted by molar-refractivity contribution is 5.93. The van der Waals surface area contributed by atoms with E-state index >= 15 is 0 Å². The van der Waals surface area contributed by atoms with E-state index in [1.807, 2.05) is 86.6 Å². The number of aryl methyl sites for hydroxylation is 4. The van der Waals surface area contributed by atoms with Crippen molar-refractivity contribution in [3.8, 4) is 11.1 Å². The number of rotatable bonds is 7. The van der Waals surface area contributed by atoms with Crippen molar-refractivity contribution < 1.29 is 9.59 Å². The van der Waals surface area contributed by atoms with Crippen LogP contribution in [0.4, 0.5) is 11.4 Å². The van der Waals surface area contributed by atoms with Crippen molar-refractivity contribution in [1.29, 1.82) is 0 Å². The first kappa shape index (κ1) is 24.9. The number of anilines is 2. The van der Waals surface area contributed by atoms with Crippen LogP contribution in [-0.2, 0) is 22.4 Å².